The van der Waals surface area contributed by atoms with Gasteiger partial charge in [0.15, 0.2) is 0 Å². The molecule has 0 fully saturated rings. The van der Waals surface area contributed by atoms with Crippen LogP contribution in [0.2, 0.25) is 0 Å². The Kier molecular flexibility index (Phi) is 4.79. The zero-order chi connectivity index (χ0) is 9.61. The Bertz CT molecular complexity index is 134. The van der Waals surface area contributed by atoms with Gasteiger partial charge in [-0.1, -0.05) is 20.8 Å². The minimum absolute atomic E-state index is 0.111. The highest BCUT2D eigenvalue weighted by molar-refractivity contribution is 4.93. The molecule has 0 aromatic rings. The van der Waals surface area contributed by atoms with Crippen molar-refractivity contribution in [2.45, 2.75) is 34.6 Å². The van der Waals surface area contributed by atoms with Crippen LogP contribution in [0, 0.1) is 5.41 Å². The first-order valence-corrected chi connectivity index (χ1v) is 4.48. The third-order valence-corrected chi connectivity index (χ3v) is 1.12. The summed E-state index contributed by atoms with van der Waals surface area (Å²) in [6.07, 6.45) is 2.00. The van der Waals surface area contributed by atoms with Crippen LogP contribution in [0.1, 0.15) is 34.6 Å². The molecule has 0 spiro atoms. The molecule has 0 bridgehead atoms. The summed E-state index contributed by atoms with van der Waals surface area (Å²) in [6, 6.07) is 0. The van der Waals surface area contributed by atoms with Crippen LogP contribution >= 0.6 is 0 Å². The van der Waals surface area contributed by atoms with E-state index in [1.165, 1.54) is 0 Å². The Morgan fingerprint density at radius 3 is 1.75 bits per heavy atom. The molecule has 0 aliphatic rings. The van der Waals surface area contributed by atoms with Crippen LogP contribution in [0.4, 0.5) is 0 Å². The first-order valence-electron chi connectivity index (χ1n) is 4.48. The summed E-state index contributed by atoms with van der Waals surface area (Å²) < 4.78 is 10.6. The second-order valence-electron chi connectivity index (χ2n) is 3.70. The lowest BCUT2D eigenvalue weighted by atomic mass is 9.97. The lowest BCUT2D eigenvalue weighted by Gasteiger charge is -2.16. The third-order valence-electron chi connectivity index (χ3n) is 1.12. The van der Waals surface area contributed by atoms with Gasteiger partial charge in [0, 0.05) is 6.08 Å². The number of hydrogen-bond donors (Lipinski definition) is 0. The van der Waals surface area contributed by atoms with Crippen molar-refractivity contribution in [1.82, 2.24) is 0 Å². The maximum atomic E-state index is 5.30. The summed E-state index contributed by atoms with van der Waals surface area (Å²) in [4.78, 5) is 0. The quantitative estimate of drug-likeness (QED) is 0.607. The van der Waals surface area contributed by atoms with Crippen LogP contribution in [0.15, 0.2) is 12.0 Å². The van der Waals surface area contributed by atoms with E-state index in [2.05, 4.69) is 20.8 Å². The van der Waals surface area contributed by atoms with Crippen LogP contribution in [-0.2, 0) is 9.47 Å². The van der Waals surface area contributed by atoms with Crippen molar-refractivity contribution in [2.75, 3.05) is 13.2 Å². The molecule has 0 heterocycles. The van der Waals surface area contributed by atoms with Crippen molar-refractivity contribution in [1.29, 1.82) is 0 Å². The smallest absolute Gasteiger partial charge is 0.275 e. The van der Waals surface area contributed by atoms with E-state index in [0.29, 0.717) is 19.2 Å². The molecule has 0 aliphatic carbocycles. The van der Waals surface area contributed by atoms with Gasteiger partial charge in [0.1, 0.15) is 0 Å². The highest BCUT2D eigenvalue weighted by atomic mass is 16.7. The number of hydrogen-bond acceptors (Lipinski definition) is 2. The number of rotatable bonds is 4. The summed E-state index contributed by atoms with van der Waals surface area (Å²) in [5.74, 6) is 0.646. The Balaban J connectivity index is 4.17. The molecular formula is C10H20O2. The van der Waals surface area contributed by atoms with Crippen molar-refractivity contribution >= 4 is 0 Å². The maximum absolute atomic E-state index is 5.30. The van der Waals surface area contributed by atoms with Crippen molar-refractivity contribution in [3.8, 4) is 0 Å². The molecule has 0 saturated heterocycles. The van der Waals surface area contributed by atoms with Gasteiger partial charge in [0.25, 0.3) is 5.95 Å². The van der Waals surface area contributed by atoms with E-state index in [-0.39, 0.29) is 5.41 Å². The van der Waals surface area contributed by atoms with E-state index < -0.39 is 0 Å². The third kappa shape index (κ3) is 6.08. The van der Waals surface area contributed by atoms with Crippen molar-refractivity contribution < 1.29 is 9.47 Å². The molecule has 0 aliphatic heterocycles. The molecule has 2 heteroatoms. The number of ether oxygens (including phenoxy) is 2. The maximum Gasteiger partial charge on any atom is 0.275 e. The van der Waals surface area contributed by atoms with Crippen LogP contribution in [0.3, 0.4) is 0 Å². The van der Waals surface area contributed by atoms with Gasteiger partial charge >= 0.3 is 0 Å². The Hall–Kier alpha value is -0.660. The fraction of sp³-hybridized carbons (Fsp3) is 0.800. The minimum atomic E-state index is 0.111. The standard InChI is InChI=1S/C10H20O2/c1-6-11-9(12-7-2)8-10(3,4)5/h8H,6-7H2,1-5H3. The predicted octanol–water partition coefficient (Wildman–Crippen LogP) is 2.95. The molecule has 0 rings (SSSR count). The molecule has 0 radical (unpaired) electrons. The predicted molar refractivity (Wildman–Crippen MR) is 50.8 cm³/mol. The van der Waals surface area contributed by atoms with Crippen LogP contribution < -0.4 is 0 Å². The molecule has 0 aromatic carbocycles. The molecule has 2 nitrogen and oxygen atoms in total. The topological polar surface area (TPSA) is 18.5 Å². The number of allylic oxidation sites excluding steroid dienone is 1. The average molecular weight is 172 g/mol. The van der Waals surface area contributed by atoms with E-state index in [9.17, 15) is 0 Å². The second-order valence-corrected chi connectivity index (χ2v) is 3.70. The molecule has 0 amide bonds. The van der Waals surface area contributed by atoms with Gasteiger partial charge in [0.05, 0.1) is 13.2 Å². The summed E-state index contributed by atoms with van der Waals surface area (Å²) in [6.45, 7) is 11.6. The van der Waals surface area contributed by atoms with Crippen molar-refractivity contribution in [3.05, 3.63) is 12.0 Å². The minimum Gasteiger partial charge on any atom is -0.466 e. The van der Waals surface area contributed by atoms with E-state index in [1.54, 1.807) is 0 Å². The molecular weight excluding hydrogens is 152 g/mol. The first kappa shape index (κ1) is 11.3. The highest BCUT2D eigenvalue weighted by Gasteiger charge is 2.09. The van der Waals surface area contributed by atoms with Gasteiger partial charge < -0.3 is 9.47 Å². The van der Waals surface area contributed by atoms with Crippen LogP contribution in [0.5, 0.6) is 0 Å². The molecule has 0 atom stereocenters. The van der Waals surface area contributed by atoms with E-state index in [1.807, 2.05) is 19.9 Å². The lowest BCUT2D eigenvalue weighted by Crippen LogP contribution is -2.06. The van der Waals surface area contributed by atoms with Crippen molar-refractivity contribution in [2.24, 2.45) is 5.41 Å². The van der Waals surface area contributed by atoms with Gasteiger partial charge in [-0.05, 0) is 19.3 Å². The fourth-order valence-corrected chi connectivity index (χ4v) is 0.763. The van der Waals surface area contributed by atoms with Gasteiger partial charge in [0.2, 0.25) is 0 Å². The zero-order valence-electron chi connectivity index (χ0n) is 8.81. The molecule has 0 aromatic heterocycles. The van der Waals surface area contributed by atoms with Crippen LogP contribution in [-0.4, -0.2) is 13.2 Å². The van der Waals surface area contributed by atoms with E-state index in [4.69, 9.17) is 9.47 Å². The normalized spacial score (nSPS) is 10.8. The van der Waals surface area contributed by atoms with Gasteiger partial charge in [-0.3, -0.25) is 0 Å². The summed E-state index contributed by atoms with van der Waals surface area (Å²) >= 11 is 0. The highest BCUT2D eigenvalue weighted by Crippen LogP contribution is 2.18. The Labute approximate surface area is 75.6 Å². The van der Waals surface area contributed by atoms with Crippen LogP contribution in [0.25, 0.3) is 0 Å². The van der Waals surface area contributed by atoms with E-state index in [0.717, 1.165) is 0 Å². The summed E-state index contributed by atoms with van der Waals surface area (Å²) in [7, 11) is 0. The Morgan fingerprint density at radius 1 is 1.08 bits per heavy atom. The monoisotopic (exact) mass is 172 g/mol. The largest absolute Gasteiger partial charge is 0.466 e. The molecule has 0 unspecified atom stereocenters. The first-order chi connectivity index (χ1) is 5.49. The lowest BCUT2D eigenvalue weighted by molar-refractivity contribution is 0.0426. The van der Waals surface area contributed by atoms with Crippen molar-refractivity contribution in [3.63, 3.8) is 0 Å². The molecule has 0 saturated carbocycles. The van der Waals surface area contributed by atoms with Gasteiger partial charge in [-0.2, -0.15) is 0 Å². The average Bonchev–Trinajstić information content (AvgIpc) is 1.84. The fourth-order valence-electron chi connectivity index (χ4n) is 0.763. The summed E-state index contributed by atoms with van der Waals surface area (Å²) in [5, 5.41) is 0. The Morgan fingerprint density at radius 2 is 1.50 bits per heavy atom. The van der Waals surface area contributed by atoms with E-state index >= 15 is 0 Å². The zero-order valence-corrected chi connectivity index (χ0v) is 8.81. The van der Waals surface area contributed by atoms with Gasteiger partial charge in [-0.25, -0.2) is 0 Å². The SMILES string of the molecule is CCOC(=CC(C)(C)C)OCC. The molecule has 12 heavy (non-hydrogen) atoms. The molecule has 72 valence electrons. The second kappa shape index (κ2) is 5.07. The van der Waals surface area contributed by atoms with Gasteiger partial charge in [-0.15, -0.1) is 0 Å². The molecule has 0 N–H and O–H groups in total. The summed E-state index contributed by atoms with van der Waals surface area (Å²) in [5.41, 5.74) is 0.111.